The second-order valence-corrected chi connectivity index (χ2v) is 4.49. The van der Waals surface area contributed by atoms with Crippen LogP contribution in [0.3, 0.4) is 0 Å². The van der Waals surface area contributed by atoms with Gasteiger partial charge in [-0.1, -0.05) is 6.08 Å². The monoisotopic (exact) mass is 366 g/mol. The molecule has 0 aliphatic rings. The minimum atomic E-state index is 0. The van der Waals surface area contributed by atoms with E-state index in [0.29, 0.717) is 6.54 Å². The second-order valence-electron chi connectivity index (χ2n) is 3.43. The summed E-state index contributed by atoms with van der Waals surface area (Å²) in [4.78, 5) is 10.6. The van der Waals surface area contributed by atoms with Gasteiger partial charge < -0.3 is 10.2 Å². The molecule has 0 saturated heterocycles. The molecule has 0 atom stereocenters. The van der Waals surface area contributed by atoms with Crippen molar-refractivity contribution in [2.45, 2.75) is 13.5 Å². The van der Waals surface area contributed by atoms with Gasteiger partial charge in [-0.3, -0.25) is 4.99 Å². The number of aromatic nitrogens is 1. The smallest absolute Gasteiger partial charge is 0.193 e. The Balaban J connectivity index is 0.00000256. The third-order valence-corrected chi connectivity index (χ3v) is 2.87. The van der Waals surface area contributed by atoms with Crippen LogP contribution in [0, 0.1) is 6.92 Å². The molecule has 1 heterocycles. The lowest BCUT2D eigenvalue weighted by atomic mass is 10.4. The third kappa shape index (κ3) is 5.49. The van der Waals surface area contributed by atoms with Gasteiger partial charge in [0.15, 0.2) is 5.96 Å². The predicted octanol–water partition coefficient (Wildman–Crippen LogP) is 2.26. The highest BCUT2D eigenvalue weighted by molar-refractivity contribution is 14.0. The molecule has 0 aromatic carbocycles. The van der Waals surface area contributed by atoms with Gasteiger partial charge in [0, 0.05) is 26.0 Å². The fraction of sp³-hybridized carbons (Fsp3) is 0.455. The van der Waals surface area contributed by atoms with E-state index in [0.717, 1.165) is 23.2 Å². The third-order valence-electron chi connectivity index (χ3n) is 2.04. The molecule has 0 aliphatic heterocycles. The summed E-state index contributed by atoms with van der Waals surface area (Å²) in [6.45, 7) is 7.16. The van der Waals surface area contributed by atoms with E-state index >= 15 is 0 Å². The van der Waals surface area contributed by atoms with Crippen molar-refractivity contribution in [3.63, 3.8) is 0 Å². The van der Waals surface area contributed by atoms with Crippen LogP contribution in [-0.2, 0) is 6.54 Å². The normalized spacial score (nSPS) is 10.6. The maximum atomic E-state index is 4.42. The lowest BCUT2D eigenvalue weighted by molar-refractivity contribution is 0.474. The predicted molar refractivity (Wildman–Crippen MR) is 85.3 cm³/mol. The summed E-state index contributed by atoms with van der Waals surface area (Å²) in [7, 11) is 3.77. The van der Waals surface area contributed by atoms with Crippen molar-refractivity contribution < 1.29 is 0 Å². The maximum Gasteiger partial charge on any atom is 0.193 e. The van der Waals surface area contributed by atoms with Gasteiger partial charge in [0.25, 0.3) is 0 Å². The molecule has 6 heteroatoms. The van der Waals surface area contributed by atoms with E-state index in [4.69, 9.17) is 0 Å². The van der Waals surface area contributed by atoms with Gasteiger partial charge in [0.05, 0.1) is 17.2 Å². The first kappa shape index (κ1) is 16.4. The van der Waals surface area contributed by atoms with E-state index in [1.807, 2.05) is 24.9 Å². The fourth-order valence-corrected chi connectivity index (χ4v) is 1.95. The first-order chi connectivity index (χ1) is 7.67. The van der Waals surface area contributed by atoms with Crippen LogP contribution in [0.4, 0.5) is 0 Å². The highest BCUT2D eigenvalue weighted by atomic mass is 127. The number of guanidine groups is 1. The number of thiazole rings is 1. The fourth-order valence-electron chi connectivity index (χ4n) is 1.35. The van der Waals surface area contributed by atoms with Gasteiger partial charge in [-0.25, -0.2) is 4.98 Å². The number of hydrogen-bond donors (Lipinski definition) is 1. The Labute approximate surface area is 124 Å². The number of nitrogens with zero attached hydrogens (tertiary/aromatic N) is 3. The van der Waals surface area contributed by atoms with Crippen molar-refractivity contribution >= 4 is 41.3 Å². The summed E-state index contributed by atoms with van der Waals surface area (Å²) >= 11 is 1.67. The number of nitrogens with one attached hydrogen (secondary N) is 1. The number of aryl methyl sites for hydroxylation is 1. The summed E-state index contributed by atoms with van der Waals surface area (Å²) in [6, 6.07) is 0. The number of aliphatic imine (C=N–C) groups is 1. The molecule has 0 fully saturated rings. The zero-order valence-electron chi connectivity index (χ0n) is 10.4. The average molecular weight is 366 g/mol. The standard InChI is InChI=1S/C11H18N4S.HI/c1-5-6-13-11(12-3)15(4)7-10-8-16-9(2)14-10;/h5,8H,1,6-7H2,2-4H3,(H,12,13);1H. The summed E-state index contributed by atoms with van der Waals surface area (Å²) in [6.07, 6.45) is 1.81. The SMILES string of the molecule is C=CCNC(=NC)N(C)Cc1csc(C)n1.I. The van der Waals surface area contributed by atoms with E-state index in [1.54, 1.807) is 18.4 Å². The molecular weight excluding hydrogens is 347 g/mol. The quantitative estimate of drug-likeness (QED) is 0.385. The van der Waals surface area contributed by atoms with Crippen LogP contribution in [0.5, 0.6) is 0 Å². The van der Waals surface area contributed by atoms with Gasteiger partial charge in [0.2, 0.25) is 0 Å². The first-order valence-corrected chi connectivity index (χ1v) is 5.99. The zero-order chi connectivity index (χ0) is 12.0. The van der Waals surface area contributed by atoms with E-state index < -0.39 is 0 Å². The highest BCUT2D eigenvalue weighted by Crippen LogP contribution is 2.09. The molecule has 0 aliphatic carbocycles. The highest BCUT2D eigenvalue weighted by Gasteiger charge is 2.07. The van der Waals surface area contributed by atoms with Crippen LogP contribution < -0.4 is 5.32 Å². The summed E-state index contributed by atoms with van der Waals surface area (Å²) < 4.78 is 0. The number of halogens is 1. The lowest BCUT2D eigenvalue weighted by Gasteiger charge is -2.20. The van der Waals surface area contributed by atoms with E-state index in [2.05, 4.69) is 27.3 Å². The molecule has 0 saturated carbocycles. The van der Waals surface area contributed by atoms with E-state index in [9.17, 15) is 0 Å². The molecule has 0 bridgehead atoms. The van der Waals surface area contributed by atoms with Gasteiger partial charge in [0.1, 0.15) is 0 Å². The van der Waals surface area contributed by atoms with Crippen molar-refractivity contribution in [3.05, 3.63) is 28.7 Å². The van der Waals surface area contributed by atoms with Crippen LogP contribution in [0.15, 0.2) is 23.0 Å². The molecule has 0 spiro atoms. The van der Waals surface area contributed by atoms with E-state index in [1.165, 1.54) is 0 Å². The second kappa shape index (κ2) is 8.46. The van der Waals surface area contributed by atoms with Gasteiger partial charge in [-0.15, -0.1) is 41.9 Å². The van der Waals surface area contributed by atoms with Crippen molar-refractivity contribution in [2.75, 3.05) is 20.6 Å². The van der Waals surface area contributed by atoms with Gasteiger partial charge >= 0.3 is 0 Å². The Bertz CT molecular complexity index is 375. The molecule has 0 unspecified atom stereocenters. The number of rotatable bonds is 4. The minimum absolute atomic E-state index is 0. The molecule has 17 heavy (non-hydrogen) atoms. The van der Waals surface area contributed by atoms with Crippen LogP contribution in [-0.4, -0.2) is 36.5 Å². The van der Waals surface area contributed by atoms with E-state index in [-0.39, 0.29) is 24.0 Å². The van der Waals surface area contributed by atoms with Crippen molar-refractivity contribution in [1.82, 2.24) is 15.2 Å². The Morgan fingerprint density at radius 2 is 2.41 bits per heavy atom. The molecule has 0 radical (unpaired) electrons. The Kier molecular flexibility index (Phi) is 8.15. The molecule has 1 rings (SSSR count). The topological polar surface area (TPSA) is 40.5 Å². The van der Waals surface area contributed by atoms with Crippen LogP contribution in [0.25, 0.3) is 0 Å². The summed E-state index contributed by atoms with van der Waals surface area (Å²) in [5.41, 5.74) is 1.08. The van der Waals surface area contributed by atoms with Gasteiger partial charge in [-0.2, -0.15) is 0 Å². The summed E-state index contributed by atoms with van der Waals surface area (Å²) in [5.74, 6) is 0.852. The molecular formula is C11H19IN4S. The molecule has 96 valence electrons. The molecule has 1 aromatic heterocycles. The number of hydrogen-bond acceptors (Lipinski definition) is 3. The molecule has 1 N–H and O–H groups in total. The van der Waals surface area contributed by atoms with Crippen molar-refractivity contribution in [2.24, 2.45) is 4.99 Å². The zero-order valence-corrected chi connectivity index (χ0v) is 13.6. The van der Waals surface area contributed by atoms with Crippen molar-refractivity contribution in [1.29, 1.82) is 0 Å². The van der Waals surface area contributed by atoms with Crippen LogP contribution in [0.1, 0.15) is 10.7 Å². The Morgan fingerprint density at radius 3 is 2.88 bits per heavy atom. The van der Waals surface area contributed by atoms with Crippen LogP contribution in [0.2, 0.25) is 0 Å². The molecule has 4 nitrogen and oxygen atoms in total. The minimum Gasteiger partial charge on any atom is -0.353 e. The largest absolute Gasteiger partial charge is 0.353 e. The Hall–Kier alpha value is -0.630. The lowest BCUT2D eigenvalue weighted by Crippen LogP contribution is -2.38. The van der Waals surface area contributed by atoms with Gasteiger partial charge in [-0.05, 0) is 6.92 Å². The molecule has 0 amide bonds. The molecule has 1 aromatic rings. The Morgan fingerprint density at radius 1 is 1.71 bits per heavy atom. The van der Waals surface area contributed by atoms with Crippen LogP contribution >= 0.6 is 35.3 Å². The maximum absolute atomic E-state index is 4.42. The average Bonchev–Trinajstić information content (AvgIpc) is 2.65. The summed E-state index contributed by atoms with van der Waals surface area (Å²) in [5, 5.41) is 6.35. The first-order valence-electron chi connectivity index (χ1n) is 5.11. The van der Waals surface area contributed by atoms with Crippen molar-refractivity contribution in [3.8, 4) is 0 Å².